The highest BCUT2D eigenvalue weighted by molar-refractivity contribution is 7.92. The molecule has 0 atom stereocenters. The van der Waals surface area contributed by atoms with E-state index in [4.69, 9.17) is 0 Å². The van der Waals surface area contributed by atoms with Crippen molar-refractivity contribution in [2.24, 2.45) is 0 Å². The number of anilines is 2. The van der Waals surface area contributed by atoms with Gasteiger partial charge in [0, 0.05) is 22.5 Å². The van der Waals surface area contributed by atoms with Crippen molar-refractivity contribution in [1.29, 1.82) is 0 Å². The fraction of sp³-hybridized carbons (Fsp3) is 0.240. The van der Waals surface area contributed by atoms with Crippen molar-refractivity contribution in [3.63, 3.8) is 0 Å². The zero-order valence-electron chi connectivity index (χ0n) is 18.0. The standard InChI is InChI=1S/C25H21F3N2O3S/c26-25(27,28)18-5-7-19(8-6-18)30-34(32,33)20-9-10-23-21(14-20)22(24(31)29-23)13-15-11-16-3-1-2-4-17(16)12-15/h5-11,13-14,30H,1-4,12H2,(H,29,31). The molecule has 2 N–H and O–H groups in total. The molecule has 1 aliphatic heterocycles. The van der Waals surface area contributed by atoms with Crippen LogP contribution in [0.1, 0.15) is 43.2 Å². The van der Waals surface area contributed by atoms with Crippen molar-refractivity contribution in [2.45, 2.75) is 43.2 Å². The first-order valence-electron chi connectivity index (χ1n) is 10.9. The minimum Gasteiger partial charge on any atom is -0.321 e. The van der Waals surface area contributed by atoms with E-state index in [-0.39, 0.29) is 16.5 Å². The van der Waals surface area contributed by atoms with E-state index < -0.39 is 21.8 Å². The number of alkyl halides is 3. The zero-order chi connectivity index (χ0) is 24.1. The van der Waals surface area contributed by atoms with Crippen molar-refractivity contribution in [3.05, 3.63) is 82.5 Å². The van der Waals surface area contributed by atoms with Crippen LogP contribution in [0.5, 0.6) is 0 Å². The normalized spacial score (nSPS) is 19.1. The molecule has 1 heterocycles. The minimum absolute atomic E-state index is 0.00577. The van der Waals surface area contributed by atoms with Crippen molar-refractivity contribution in [3.8, 4) is 0 Å². The first-order valence-corrected chi connectivity index (χ1v) is 12.4. The second-order valence-corrected chi connectivity index (χ2v) is 10.3. The monoisotopic (exact) mass is 486 g/mol. The summed E-state index contributed by atoms with van der Waals surface area (Å²) in [4.78, 5) is 12.5. The van der Waals surface area contributed by atoms with Gasteiger partial charge in [0.15, 0.2) is 0 Å². The van der Waals surface area contributed by atoms with Crippen LogP contribution in [0.25, 0.3) is 5.57 Å². The first kappa shape index (κ1) is 22.5. The van der Waals surface area contributed by atoms with Gasteiger partial charge in [-0.1, -0.05) is 11.6 Å². The highest BCUT2D eigenvalue weighted by Crippen LogP contribution is 2.40. The third-order valence-corrected chi connectivity index (χ3v) is 7.66. The predicted octanol–water partition coefficient (Wildman–Crippen LogP) is 6.04. The van der Waals surface area contributed by atoms with E-state index >= 15 is 0 Å². The Morgan fingerprint density at radius 1 is 1.00 bits per heavy atom. The summed E-state index contributed by atoms with van der Waals surface area (Å²) in [7, 11) is -4.09. The number of carbonyl (C=O) groups is 1. The molecule has 0 unspecified atom stereocenters. The Morgan fingerprint density at radius 2 is 1.74 bits per heavy atom. The Labute approximate surface area is 195 Å². The van der Waals surface area contributed by atoms with Gasteiger partial charge in [-0.25, -0.2) is 8.42 Å². The molecule has 0 radical (unpaired) electrons. The topological polar surface area (TPSA) is 75.3 Å². The molecule has 2 aliphatic carbocycles. The van der Waals surface area contributed by atoms with Gasteiger partial charge in [0.2, 0.25) is 0 Å². The Kier molecular flexibility index (Phi) is 5.39. The molecule has 3 aliphatic rings. The number of sulfonamides is 1. The largest absolute Gasteiger partial charge is 0.416 e. The lowest BCUT2D eigenvalue weighted by Gasteiger charge is -2.12. The van der Waals surface area contributed by atoms with Crippen LogP contribution in [0.2, 0.25) is 0 Å². The quantitative estimate of drug-likeness (QED) is 0.517. The SMILES string of the molecule is O=C1Nc2ccc(S(=O)(=O)Nc3ccc(C(F)(F)F)cc3)cc2C1=CC1=CC2=C(CCCC2)C1. The van der Waals surface area contributed by atoms with Gasteiger partial charge >= 0.3 is 6.18 Å². The molecule has 2 aromatic carbocycles. The number of halogens is 3. The zero-order valence-corrected chi connectivity index (χ0v) is 18.8. The molecule has 0 bridgehead atoms. The molecule has 5 rings (SSSR count). The molecule has 0 fully saturated rings. The van der Waals surface area contributed by atoms with E-state index in [2.05, 4.69) is 16.1 Å². The maximum Gasteiger partial charge on any atom is 0.416 e. The third kappa shape index (κ3) is 4.27. The Morgan fingerprint density at radius 3 is 2.44 bits per heavy atom. The van der Waals surface area contributed by atoms with Crippen LogP contribution >= 0.6 is 0 Å². The maximum absolute atomic E-state index is 12.9. The van der Waals surface area contributed by atoms with Gasteiger partial charge in [0.25, 0.3) is 15.9 Å². The Balaban J connectivity index is 1.41. The van der Waals surface area contributed by atoms with Crippen molar-refractivity contribution >= 4 is 32.9 Å². The minimum atomic E-state index is -4.51. The van der Waals surface area contributed by atoms with Crippen LogP contribution in [0, 0.1) is 0 Å². The summed E-state index contributed by atoms with van der Waals surface area (Å²) in [6.07, 6.45) is 4.68. The first-order chi connectivity index (χ1) is 16.1. The molecule has 9 heteroatoms. The van der Waals surface area contributed by atoms with E-state index in [9.17, 15) is 26.4 Å². The summed E-state index contributed by atoms with van der Waals surface area (Å²) >= 11 is 0. The number of benzene rings is 2. The molecule has 2 aromatic rings. The number of rotatable bonds is 4. The third-order valence-electron chi connectivity index (χ3n) is 6.28. The Hall–Kier alpha value is -3.33. The second kappa shape index (κ2) is 8.16. The number of hydrogen-bond acceptors (Lipinski definition) is 3. The summed E-state index contributed by atoms with van der Waals surface area (Å²) in [5.74, 6) is -0.300. The number of nitrogens with one attached hydrogen (secondary N) is 2. The molecule has 5 nitrogen and oxygen atoms in total. The van der Waals surface area contributed by atoms with E-state index in [0.29, 0.717) is 16.8 Å². The lowest BCUT2D eigenvalue weighted by molar-refractivity contribution is -0.137. The van der Waals surface area contributed by atoms with Crippen LogP contribution in [0.15, 0.2) is 76.2 Å². The number of fused-ring (bicyclic) bond motifs is 1. The average molecular weight is 487 g/mol. The van der Waals surface area contributed by atoms with E-state index in [1.807, 2.05) is 6.08 Å². The molecule has 1 amide bonds. The maximum atomic E-state index is 12.9. The molecular formula is C25H21F3N2O3S. The smallest absolute Gasteiger partial charge is 0.321 e. The molecule has 176 valence electrons. The van der Waals surface area contributed by atoms with E-state index in [1.54, 1.807) is 0 Å². The number of allylic oxidation sites excluding steroid dienone is 5. The van der Waals surface area contributed by atoms with Gasteiger partial charge in [-0.2, -0.15) is 13.2 Å². The van der Waals surface area contributed by atoms with Crippen molar-refractivity contribution in [2.75, 3.05) is 10.0 Å². The highest BCUT2D eigenvalue weighted by atomic mass is 32.2. The summed E-state index contributed by atoms with van der Waals surface area (Å²) in [5, 5.41) is 2.76. The Bertz CT molecular complexity index is 1390. The lowest BCUT2D eigenvalue weighted by atomic mass is 9.93. The van der Waals surface area contributed by atoms with Crippen LogP contribution < -0.4 is 10.0 Å². The fourth-order valence-corrected chi connectivity index (χ4v) is 5.67. The molecule has 0 saturated heterocycles. The van der Waals surface area contributed by atoms with Crippen molar-refractivity contribution < 1.29 is 26.4 Å². The highest BCUT2D eigenvalue weighted by Gasteiger charge is 2.31. The number of hydrogen-bond donors (Lipinski definition) is 2. The number of carbonyl (C=O) groups excluding carboxylic acids is 1. The van der Waals surface area contributed by atoms with Gasteiger partial charge in [-0.05, 0) is 91.8 Å². The summed E-state index contributed by atoms with van der Waals surface area (Å²) in [5.41, 5.74) is 4.30. The molecule has 0 spiro atoms. The molecule has 34 heavy (non-hydrogen) atoms. The van der Waals surface area contributed by atoms with Gasteiger partial charge in [-0.3, -0.25) is 9.52 Å². The van der Waals surface area contributed by atoms with Crippen LogP contribution in [-0.2, 0) is 21.0 Å². The summed E-state index contributed by atoms with van der Waals surface area (Å²) in [6, 6.07) is 8.02. The van der Waals surface area contributed by atoms with Crippen LogP contribution in [-0.4, -0.2) is 14.3 Å². The molecule has 0 aromatic heterocycles. The molecular weight excluding hydrogens is 465 g/mol. The predicted molar refractivity (Wildman–Crippen MR) is 123 cm³/mol. The average Bonchev–Trinajstić information content (AvgIpc) is 3.33. The number of amides is 1. The fourth-order valence-electron chi connectivity index (χ4n) is 4.59. The molecule has 0 saturated carbocycles. The van der Waals surface area contributed by atoms with Gasteiger partial charge < -0.3 is 5.32 Å². The van der Waals surface area contributed by atoms with Crippen LogP contribution in [0.4, 0.5) is 24.5 Å². The van der Waals surface area contributed by atoms with Crippen LogP contribution in [0.3, 0.4) is 0 Å². The summed E-state index contributed by atoms with van der Waals surface area (Å²) in [6.45, 7) is 0. The summed E-state index contributed by atoms with van der Waals surface area (Å²) < 4.78 is 66.4. The van der Waals surface area contributed by atoms with E-state index in [1.165, 1.54) is 35.8 Å². The van der Waals surface area contributed by atoms with Gasteiger partial charge in [0.1, 0.15) is 0 Å². The van der Waals surface area contributed by atoms with Gasteiger partial charge in [0.05, 0.1) is 10.5 Å². The van der Waals surface area contributed by atoms with Crippen molar-refractivity contribution in [1.82, 2.24) is 0 Å². The lowest BCUT2D eigenvalue weighted by Crippen LogP contribution is -2.13. The van der Waals surface area contributed by atoms with E-state index in [0.717, 1.165) is 55.5 Å². The second-order valence-electron chi connectivity index (χ2n) is 8.63. The van der Waals surface area contributed by atoms with Gasteiger partial charge in [-0.15, -0.1) is 0 Å².